The molecule has 0 fully saturated rings. The lowest BCUT2D eigenvalue weighted by atomic mass is 10.0. The van der Waals surface area contributed by atoms with Crippen molar-refractivity contribution in [3.63, 3.8) is 0 Å². The van der Waals surface area contributed by atoms with Crippen LogP contribution in [0.4, 0.5) is 5.69 Å². The van der Waals surface area contributed by atoms with Crippen molar-refractivity contribution in [2.75, 3.05) is 5.73 Å². The molecule has 0 radical (unpaired) electrons. The largest absolute Gasteiger partial charge is 0.393 e. The van der Waals surface area contributed by atoms with Crippen LogP contribution in [0.3, 0.4) is 0 Å². The molecular weight excluding hydrogens is 242 g/mol. The number of nitrogen functional groups attached to an aromatic ring is 1. The van der Waals surface area contributed by atoms with E-state index >= 15 is 0 Å². The monoisotopic (exact) mass is 259 g/mol. The summed E-state index contributed by atoms with van der Waals surface area (Å²) in [6, 6.07) is 8.03. The SMILES string of the molecule is CC(C)c1ccc(Cn2cc(N)c(=O)[nH]c2=O)cc1. The number of anilines is 1. The molecule has 0 saturated heterocycles. The van der Waals surface area contributed by atoms with Gasteiger partial charge in [-0.3, -0.25) is 14.3 Å². The molecule has 0 aliphatic heterocycles. The highest BCUT2D eigenvalue weighted by Crippen LogP contribution is 2.14. The number of aromatic nitrogens is 2. The van der Waals surface area contributed by atoms with E-state index in [2.05, 4.69) is 18.8 Å². The van der Waals surface area contributed by atoms with E-state index in [0.717, 1.165) is 5.56 Å². The summed E-state index contributed by atoms with van der Waals surface area (Å²) < 4.78 is 1.39. The number of nitrogens with two attached hydrogens (primary N) is 1. The van der Waals surface area contributed by atoms with Crippen molar-refractivity contribution >= 4 is 5.69 Å². The Bertz CT molecular complexity index is 681. The number of aromatic amines is 1. The van der Waals surface area contributed by atoms with Gasteiger partial charge in [0.05, 0.1) is 6.54 Å². The number of H-pyrrole nitrogens is 1. The molecule has 0 atom stereocenters. The summed E-state index contributed by atoms with van der Waals surface area (Å²) in [6.07, 6.45) is 1.37. The summed E-state index contributed by atoms with van der Waals surface area (Å²) in [4.78, 5) is 25.0. The Morgan fingerprint density at radius 3 is 2.42 bits per heavy atom. The number of hydrogen-bond donors (Lipinski definition) is 2. The third kappa shape index (κ3) is 2.93. The van der Waals surface area contributed by atoms with E-state index in [4.69, 9.17) is 5.73 Å². The Kier molecular flexibility index (Phi) is 3.55. The van der Waals surface area contributed by atoms with Crippen LogP contribution in [0.25, 0.3) is 0 Å². The van der Waals surface area contributed by atoms with Gasteiger partial charge in [-0.1, -0.05) is 38.1 Å². The molecule has 0 unspecified atom stereocenters. The first-order chi connectivity index (χ1) is 8.97. The molecule has 5 nitrogen and oxygen atoms in total. The van der Waals surface area contributed by atoms with Crippen LogP contribution in [0.5, 0.6) is 0 Å². The van der Waals surface area contributed by atoms with Crippen LogP contribution < -0.4 is 17.0 Å². The van der Waals surface area contributed by atoms with Gasteiger partial charge in [0, 0.05) is 6.20 Å². The average molecular weight is 259 g/mol. The Labute approximate surface area is 110 Å². The lowest BCUT2D eigenvalue weighted by molar-refractivity contribution is 0.722. The third-order valence-corrected chi connectivity index (χ3v) is 3.04. The fraction of sp³-hybridized carbons (Fsp3) is 0.286. The molecule has 1 heterocycles. The van der Waals surface area contributed by atoms with Gasteiger partial charge >= 0.3 is 5.69 Å². The van der Waals surface area contributed by atoms with E-state index in [-0.39, 0.29) is 5.69 Å². The van der Waals surface area contributed by atoms with E-state index in [0.29, 0.717) is 12.5 Å². The summed E-state index contributed by atoms with van der Waals surface area (Å²) >= 11 is 0. The van der Waals surface area contributed by atoms with Gasteiger partial charge in [0.2, 0.25) is 0 Å². The zero-order valence-electron chi connectivity index (χ0n) is 11.0. The van der Waals surface area contributed by atoms with Crippen LogP contribution in [-0.4, -0.2) is 9.55 Å². The molecule has 5 heteroatoms. The van der Waals surface area contributed by atoms with Gasteiger partial charge in [0.25, 0.3) is 5.56 Å². The van der Waals surface area contributed by atoms with Crippen LogP contribution in [0, 0.1) is 0 Å². The van der Waals surface area contributed by atoms with Crippen LogP contribution in [-0.2, 0) is 6.54 Å². The van der Waals surface area contributed by atoms with Crippen molar-refractivity contribution in [1.29, 1.82) is 0 Å². The van der Waals surface area contributed by atoms with E-state index in [1.807, 2.05) is 24.3 Å². The molecular formula is C14H17N3O2. The second kappa shape index (κ2) is 5.14. The Morgan fingerprint density at radius 1 is 1.21 bits per heavy atom. The van der Waals surface area contributed by atoms with Gasteiger partial charge in [-0.2, -0.15) is 0 Å². The predicted molar refractivity (Wildman–Crippen MR) is 75.4 cm³/mol. The van der Waals surface area contributed by atoms with Gasteiger partial charge in [0.15, 0.2) is 0 Å². The highest BCUT2D eigenvalue weighted by Gasteiger charge is 2.03. The average Bonchev–Trinajstić information content (AvgIpc) is 2.36. The minimum Gasteiger partial charge on any atom is -0.393 e. The number of hydrogen-bond acceptors (Lipinski definition) is 3. The maximum Gasteiger partial charge on any atom is 0.328 e. The van der Waals surface area contributed by atoms with E-state index in [1.165, 1.54) is 16.3 Å². The van der Waals surface area contributed by atoms with Crippen molar-refractivity contribution in [2.45, 2.75) is 26.3 Å². The Hall–Kier alpha value is -2.30. The Morgan fingerprint density at radius 2 is 1.84 bits per heavy atom. The molecule has 0 saturated carbocycles. The molecule has 2 rings (SSSR count). The van der Waals surface area contributed by atoms with Gasteiger partial charge in [-0.15, -0.1) is 0 Å². The van der Waals surface area contributed by atoms with E-state index in [1.54, 1.807) is 0 Å². The predicted octanol–water partition coefficient (Wildman–Crippen LogP) is 1.29. The number of rotatable bonds is 3. The summed E-state index contributed by atoms with van der Waals surface area (Å²) in [5, 5.41) is 0. The second-order valence-electron chi connectivity index (χ2n) is 4.87. The lowest BCUT2D eigenvalue weighted by Gasteiger charge is -2.08. The van der Waals surface area contributed by atoms with Crippen molar-refractivity contribution in [3.05, 3.63) is 62.4 Å². The van der Waals surface area contributed by atoms with Crippen molar-refractivity contribution in [2.24, 2.45) is 0 Å². The fourth-order valence-corrected chi connectivity index (χ4v) is 1.85. The van der Waals surface area contributed by atoms with Crippen molar-refractivity contribution < 1.29 is 0 Å². The quantitative estimate of drug-likeness (QED) is 0.871. The number of benzene rings is 1. The molecule has 1 aromatic carbocycles. The highest BCUT2D eigenvalue weighted by molar-refractivity contribution is 5.31. The molecule has 0 bridgehead atoms. The summed E-state index contributed by atoms with van der Waals surface area (Å²) in [5.41, 5.74) is 6.78. The van der Waals surface area contributed by atoms with Crippen molar-refractivity contribution in [1.82, 2.24) is 9.55 Å². The fourth-order valence-electron chi connectivity index (χ4n) is 1.85. The smallest absolute Gasteiger partial charge is 0.328 e. The zero-order valence-corrected chi connectivity index (χ0v) is 11.0. The van der Waals surface area contributed by atoms with Gasteiger partial charge in [0.1, 0.15) is 5.69 Å². The maximum atomic E-state index is 11.6. The molecule has 100 valence electrons. The third-order valence-electron chi connectivity index (χ3n) is 3.04. The maximum absolute atomic E-state index is 11.6. The first-order valence-corrected chi connectivity index (χ1v) is 6.15. The molecule has 0 aliphatic carbocycles. The molecule has 0 spiro atoms. The lowest BCUT2D eigenvalue weighted by Crippen LogP contribution is -2.31. The minimum absolute atomic E-state index is 0.0402. The molecule has 3 N–H and O–H groups in total. The summed E-state index contributed by atoms with van der Waals surface area (Å²) in [7, 11) is 0. The molecule has 1 aromatic heterocycles. The van der Waals surface area contributed by atoms with E-state index < -0.39 is 11.2 Å². The second-order valence-corrected chi connectivity index (χ2v) is 4.87. The zero-order chi connectivity index (χ0) is 14.0. The van der Waals surface area contributed by atoms with Crippen LogP contribution in [0.2, 0.25) is 0 Å². The topological polar surface area (TPSA) is 80.9 Å². The number of nitrogens with one attached hydrogen (secondary N) is 1. The molecule has 19 heavy (non-hydrogen) atoms. The first kappa shape index (κ1) is 13.1. The van der Waals surface area contributed by atoms with Crippen LogP contribution in [0.1, 0.15) is 30.9 Å². The standard InChI is InChI=1S/C14H17N3O2/c1-9(2)11-5-3-10(4-6-11)7-17-8-12(15)13(18)16-14(17)19/h3-6,8-9H,7,15H2,1-2H3,(H,16,18,19). The summed E-state index contributed by atoms with van der Waals surface area (Å²) in [6.45, 7) is 4.64. The number of nitrogens with zero attached hydrogens (tertiary/aromatic N) is 1. The molecule has 0 amide bonds. The molecule has 0 aliphatic rings. The normalized spacial score (nSPS) is 10.9. The van der Waals surface area contributed by atoms with Gasteiger partial charge < -0.3 is 5.73 Å². The Balaban J connectivity index is 2.29. The highest BCUT2D eigenvalue weighted by atomic mass is 16.2. The van der Waals surface area contributed by atoms with E-state index in [9.17, 15) is 9.59 Å². The molecule has 2 aromatic rings. The van der Waals surface area contributed by atoms with Crippen molar-refractivity contribution in [3.8, 4) is 0 Å². The minimum atomic E-state index is -0.545. The van der Waals surface area contributed by atoms with Gasteiger partial charge in [-0.25, -0.2) is 4.79 Å². The summed E-state index contributed by atoms with van der Waals surface area (Å²) in [5.74, 6) is 0.473. The van der Waals surface area contributed by atoms with Crippen LogP contribution in [0.15, 0.2) is 40.1 Å². The van der Waals surface area contributed by atoms with Gasteiger partial charge in [-0.05, 0) is 17.0 Å². The first-order valence-electron chi connectivity index (χ1n) is 6.15. The van der Waals surface area contributed by atoms with Crippen LogP contribution >= 0.6 is 0 Å².